The number of carbonyl (C=O) groups excluding carboxylic acids is 1. The van der Waals surface area contributed by atoms with E-state index in [0.29, 0.717) is 28.1 Å². The zero-order chi connectivity index (χ0) is 25.0. The van der Waals surface area contributed by atoms with Crippen LogP contribution in [0.1, 0.15) is 42.5 Å². The number of nitrogens with one attached hydrogen (secondary N) is 1. The minimum Gasteiger partial charge on any atom is -0.309 e. The molecular weight excluding hydrogens is 538 g/mol. The lowest BCUT2D eigenvalue weighted by atomic mass is 9.92. The van der Waals surface area contributed by atoms with Gasteiger partial charge in [-0.2, -0.15) is 14.1 Å². The number of thiophene rings is 1. The number of thiazole rings is 1. The number of hydrogen-bond acceptors (Lipinski definition) is 7. The third kappa shape index (κ3) is 4.26. The first kappa shape index (κ1) is 24.1. The van der Waals surface area contributed by atoms with Crippen LogP contribution in [-0.4, -0.2) is 46.0 Å². The van der Waals surface area contributed by atoms with Crippen molar-refractivity contribution >= 4 is 66.2 Å². The number of aromatic nitrogens is 3. The van der Waals surface area contributed by atoms with Gasteiger partial charge < -0.3 is 5.32 Å². The highest BCUT2D eigenvalue weighted by Gasteiger charge is 2.40. The van der Waals surface area contributed by atoms with Gasteiger partial charge in [0, 0.05) is 12.6 Å². The van der Waals surface area contributed by atoms with Gasteiger partial charge in [0.05, 0.1) is 20.2 Å². The van der Waals surface area contributed by atoms with Crippen molar-refractivity contribution in [3.63, 3.8) is 0 Å². The van der Waals surface area contributed by atoms with Crippen molar-refractivity contribution in [2.24, 2.45) is 0 Å². The normalized spacial score (nSPS) is 18.6. The summed E-state index contributed by atoms with van der Waals surface area (Å²) >= 11 is 8.50. The Hall–Kier alpha value is -2.31. The molecule has 1 amide bonds. The fraction of sp³-hybridized carbons (Fsp3) is 0.375. The highest BCUT2D eigenvalue weighted by Crippen LogP contribution is 2.34. The highest BCUT2D eigenvalue weighted by atomic mass is 35.5. The standard InChI is InChI=1S/C24H24ClN5O3S3/c1-14-11-21(27-23(31)18-7-4-10-29(18)36(32,33)22-9-8-20(25)35-22)30(28-14)24-26-17-12-15-5-2-3-6-16(15)13-19(17)34-24/h8-9,11-13,18H,2-7,10H2,1H3,(H,27,31). The smallest absolute Gasteiger partial charge is 0.253 e. The van der Waals surface area contributed by atoms with E-state index in [2.05, 4.69) is 22.5 Å². The van der Waals surface area contributed by atoms with Gasteiger partial charge in [0.1, 0.15) is 16.1 Å². The van der Waals surface area contributed by atoms with Crippen LogP contribution in [0.4, 0.5) is 5.82 Å². The maximum Gasteiger partial charge on any atom is 0.253 e. The largest absolute Gasteiger partial charge is 0.309 e. The SMILES string of the molecule is Cc1cc(NC(=O)C2CCCN2S(=O)(=O)c2ccc(Cl)s2)n(-c2nc3cc4c(cc3s2)CCCC4)n1. The van der Waals surface area contributed by atoms with E-state index in [9.17, 15) is 13.2 Å². The van der Waals surface area contributed by atoms with Crippen LogP contribution in [0.25, 0.3) is 15.3 Å². The Labute approximate surface area is 222 Å². The molecule has 1 fully saturated rings. The second-order valence-electron chi connectivity index (χ2n) is 9.20. The van der Waals surface area contributed by atoms with Gasteiger partial charge >= 0.3 is 0 Å². The van der Waals surface area contributed by atoms with Crippen molar-refractivity contribution < 1.29 is 13.2 Å². The molecule has 4 heterocycles. The van der Waals surface area contributed by atoms with E-state index >= 15 is 0 Å². The maximum absolute atomic E-state index is 13.3. The van der Waals surface area contributed by atoms with Crippen molar-refractivity contribution in [1.29, 1.82) is 0 Å². The van der Waals surface area contributed by atoms with Gasteiger partial charge in [-0.15, -0.1) is 11.3 Å². The first-order valence-corrected chi connectivity index (χ1v) is 15.3. The Morgan fingerprint density at radius 3 is 2.64 bits per heavy atom. The Morgan fingerprint density at radius 1 is 1.11 bits per heavy atom. The molecule has 8 nitrogen and oxygen atoms in total. The Balaban J connectivity index is 1.29. The minimum absolute atomic E-state index is 0.144. The quantitative estimate of drug-likeness (QED) is 0.362. The molecule has 0 radical (unpaired) electrons. The van der Waals surface area contributed by atoms with E-state index in [1.807, 2.05) is 6.92 Å². The molecule has 1 atom stereocenters. The molecule has 0 spiro atoms. The number of aryl methyl sites for hydroxylation is 3. The number of amides is 1. The molecule has 3 aromatic heterocycles. The van der Waals surface area contributed by atoms with Crippen LogP contribution in [0.15, 0.2) is 34.5 Å². The van der Waals surface area contributed by atoms with Crippen LogP contribution in [0.5, 0.6) is 0 Å². The number of nitrogens with zero attached hydrogens (tertiary/aromatic N) is 4. The lowest BCUT2D eigenvalue weighted by Gasteiger charge is -2.22. The monoisotopic (exact) mass is 561 g/mol. The summed E-state index contributed by atoms with van der Waals surface area (Å²) in [5, 5.41) is 8.17. The number of halogens is 1. The van der Waals surface area contributed by atoms with E-state index in [1.165, 1.54) is 45.7 Å². The second-order valence-corrected chi connectivity index (χ2v) is 14.0. The molecule has 1 saturated heterocycles. The average molecular weight is 562 g/mol. The van der Waals surface area contributed by atoms with Crippen LogP contribution in [0.2, 0.25) is 4.34 Å². The number of sulfonamides is 1. The van der Waals surface area contributed by atoms with Gasteiger partial charge in [0.15, 0.2) is 0 Å². The summed E-state index contributed by atoms with van der Waals surface area (Å²) in [6.45, 7) is 2.14. The molecule has 36 heavy (non-hydrogen) atoms. The molecule has 1 aliphatic carbocycles. The molecule has 0 bridgehead atoms. The second kappa shape index (κ2) is 9.21. The van der Waals surface area contributed by atoms with Gasteiger partial charge in [0.2, 0.25) is 11.0 Å². The zero-order valence-corrected chi connectivity index (χ0v) is 22.7. The molecule has 1 aliphatic heterocycles. The number of anilines is 1. The summed E-state index contributed by atoms with van der Waals surface area (Å²) in [4.78, 5) is 18.2. The van der Waals surface area contributed by atoms with E-state index < -0.39 is 16.1 Å². The highest BCUT2D eigenvalue weighted by molar-refractivity contribution is 7.91. The predicted octanol–water partition coefficient (Wildman–Crippen LogP) is 5.18. The Kier molecular flexibility index (Phi) is 6.16. The van der Waals surface area contributed by atoms with Gasteiger partial charge in [-0.1, -0.05) is 22.9 Å². The summed E-state index contributed by atoms with van der Waals surface area (Å²) in [6.07, 6.45) is 5.66. The number of rotatable bonds is 5. The van der Waals surface area contributed by atoms with Crippen LogP contribution in [-0.2, 0) is 27.7 Å². The van der Waals surface area contributed by atoms with Gasteiger partial charge in [-0.05, 0) is 80.8 Å². The first-order chi connectivity index (χ1) is 17.3. The third-order valence-electron chi connectivity index (χ3n) is 6.72. The lowest BCUT2D eigenvalue weighted by Crippen LogP contribution is -2.43. The van der Waals surface area contributed by atoms with Crippen molar-refractivity contribution in [1.82, 2.24) is 19.1 Å². The summed E-state index contributed by atoms with van der Waals surface area (Å²) in [7, 11) is -3.81. The molecule has 6 rings (SSSR count). The summed E-state index contributed by atoms with van der Waals surface area (Å²) < 4.78 is 30.9. The number of hydrogen-bond donors (Lipinski definition) is 1. The Morgan fingerprint density at radius 2 is 1.89 bits per heavy atom. The average Bonchev–Trinajstić information content (AvgIpc) is 3.63. The van der Waals surface area contributed by atoms with Crippen molar-refractivity contribution in [2.75, 3.05) is 11.9 Å². The summed E-state index contributed by atoms with van der Waals surface area (Å²) in [6, 6.07) is 8.43. The lowest BCUT2D eigenvalue weighted by molar-refractivity contribution is -0.119. The molecule has 4 aromatic rings. The van der Waals surface area contributed by atoms with Crippen LogP contribution < -0.4 is 5.32 Å². The molecule has 12 heteroatoms. The van der Waals surface area contributed by atoms with E-state index in [-0.39, 0.29) is 16.7 Å². The Bertz CT molecular complexity index is 1550. The van der Waals surface area contributed by atoms with Gasteiger partial charge in [-0.3, -0.25) is 4.79 Å². The molecule has 2 aliphatic rings. The predicted molar refractivity (Wildman–Crippen MR) is 143 cm³/mol. The number of benzene rings is 1. The minimum atomic E-state index is -3.81. The molecule has 1 aromatic carbocycles. The summed E-state index contributed by atoms with van der Waals surface area (Å²) in [5.41, 5.74) is 4.42. The number of carbonyl (C=O) groups is 1. The first-order valence-electron chi connectivity index (χ1n) is 11.9. The van der Waals surface area contributed by atoms with Gasteiger partial charge in [-0.25, -0.2) is 13.4 Å². The van der Waals surface area contributed by atoms with Crippen molar-refractivity contribution in [3.05, 3.63) is 51.5 Å². The molecule has 1 unspecified atom stereocenters. The fourth-order valence-electron chi connectivity index (χ4n) is 5.02. The van der Waals surface area contributed by atoms with Crippen molar-refractivity contribution in [3.8, 4) is 5.13 Å². The van der Waals surface area contributed by atoms with Crippen LogP contribution >= 0.6 is 34.3 Å². The van der Waals surface area contributed by atoms with Gasteiger partial charge in [0.25, 0.3) is 10.0 Å². The number of fused-ring (bicyclic) bond motifs is 2. The van der Waals surface area contributed by atoms with E-state index in [0.717, 1.165) is 40.1 Å². The molecule has 188 valence electrons. The maximum atomic E-state index is 13.3. The van der Waals surface area contributed by atoms with Crippen LogP contribution in [0, 0.1) is 6.92 Å². The molecular formula is C24H24ClN5O3S3. The zero-order valence-electron chi connectivity index (χ0n) is 19.5. The topological polar surface area (TPSA) is 97.2 Å². The van der Waals surface area contributed by atoms with E-state index in [1.54, 1.807) is 16.8 Å². The molecule has 0 saturated carbocycles. The van der Waals surface area contributed by atoms with E-state index in [4.69, 9.17) is 16.6 Å². The van der Waals surface area contributed by atoms with Crippen molar-refractivity contribution in [2.45, 2.75) is 55.7 Å². The molecule has 1 N–H and O–H groups in total. The fourth-order valence-corrected chi connectivity index (χ4v) is 9.26. The summed E-state index contributed by atoms with van der Waals surface area (Å²) in [5.74, 6) is 0.0983. The van der Waals surface area contributed by atoms with Crippen LogP contribution in [0.3, 0.4) is 0 Å². The third-order valence-corrected chi connectivity index (χ3v) is 11.3.